The number of ether oxygens (including phenoxy) is 3. The molecule has 1 unspecified atom stereocenters. The zero-order valence-electron chi connectivity index (χ0n) is 20.6. The molecule has 0 aliphatic heterocycles. The number of hydrogen-bond donors (Lipinski definition) is 1. The van der Waals surface area contributed by atoms with Crippen LogP contribution in [0, 0.1) is 0 Å². The predicted octanol–water partition coefficient (Wildman–Crippen LogP) is 4.10. The molecule has 2 aromatic heterocycles. The molecule has 0 aliphatic rings. The molecule has 0 saturated heterocycles. The normalized spacial score (nSPS) is 11.3. The van der Waals surface area contributed by atoms with E-state index in [2.05, 4.69) is 15.3 Å². The van der Waals surface area contributed by atoms with E-state index >= 15 is 0 Å². The van der Waals surface area contributed by atoms with Crippen LogP contribution in [0.1, 0.15) is 5.56 Å². The van der Waals surface area contributed by atoms with Crippen LogP contribution in [-0.2, 0) is 20.7 Å². The summed E-state index contributed by atoms with van der Waals surface area (Å²) in [5, 5.41) is 2.70. The third-order valence-electron chi connectivity index (χ3n) is 5.61. The molecule has 1 amide bonds. The van der Waals surface area contributed by atoms with Gasteiger partial charge in [-0.25, -0.2) is 9.78 Å². The van der Waals surface area contributed by atoms with Crippen molar-refractivity contribution >= 4 is 11.9 Å². The fraction of sp³-hybridized carbons (Fsp3) is 0.172. The van der Waals surface area contributed by atoms with Crippen molar-refractivity contribution in [3.8, 4) is 34.1 Å². The van der Waals surface area contributed by atoms with E-state index in [0.29, 0.717) is 17.8 Å². The topological polar surface area (TPSA) is 99.6 Å². The van der Waals surface area contributed by atoms with Crippen LogP contribution in [0.15, 0.2) is 91.1 Å². The van der Waals surface area contributed by atoms with E-state index in [0.717, 1.165) is 22.4 Å². The second-order valence-corrected chi connectivity index (χ2v) is 8.14. The first-order valence-electron chi connectivity index (χ1n) is 11.7. The van der Waals surface area contributed by atoms with Crippen LogP contribution in [0.3, 0.4) is 0 Å². The third kappa shape index (κ3) is 6.91. The van der Waals surface area contributed by atoms with Gasteiger partial charge in [-0.2, -0.15) is 0 Å². The Balaban J connectivity index is 1.52. The molecule has 2 heterocycles. The number of hydrogen-bond acceptors (Lipinski definition) is 7. The Bertz CT molecular complexity index is 1330. The minimum Gasteiger partial charge on any atom is -0.497 e. The molecule has 188 valence electrons. The van der Waals surface area contributed by atoms with Gasteiger partial charge in [0.25, 0.3) is 5.91 Å². The van der Waals surface area contributed by atoms with Gasteiger partial charge >= 0.3 is 5.97 Å². The molecule has 0 saturated carbocycles. The Morgan fingerprint density at radius 2 is 1.62 bits per heavy atom. The van der Waals surface area contributed by atoms with Crippen LogP contribution in [0.25, 0.3) is 22.5 Å². The Morgan fingerprint density at radius 1 is 0.865 bits per heavy atom. The standard InChI is InChI=1S/C29H27N3O5/c1-35-23-13-11-21(12-14-23)22-17-25(24-10-6-7-15-30-24)32-28(18-22)37-19-27(33)31-26(29(34)36-2)16-20-8-4-3-5-9-20/h3-15,17-18,26H,16,19H2,1-2H3,(H,31,33). The molecule has 0 bridgehead atoms. The molecule has 8 nitrogen and oxygen atoms in total. The average Bonchev–Trinajstić information content (AvgIpc) is 2.96. The molecule has 1 atom stereocenters. The van der Waals surface area contributed by atoms with E-state index < -0.39 is 17.9 Å². The van der Waals surface area contributed by atoms with E-state index in [-0.39, 0.29) is 12.5 Å². The van der Waals surface area contributed by atoms with Gasteiger partial charge in [0.2, 0.25) is 5.88 Å². The summed E-state index contributed by atoms with van der Waals surface area (Å²) in [5.41, 5.74) is 3.92. The minimum absolute atomic E-state index is 0.252. The van der Waals surface area contributed by atoms with Crippen molar-refractivity contribution in [2.45, 2.75) is 12.5 Å². The molecular weight excluding hydrogens is 470 g/mol. The number of nitrogens with one attached hydrogen (secondary N) is 1. The zero-order chi connectivity index (χ0) is 26.0. The van der Waals surface area contributed by atoms with Crippen molar-refractivity contribution in [3.63, 3.8) is 0 Å². The highest BCUT2D eigenvalue weighted by Crippen LogP contribution is 2.29. The smallest absolute Gasteiger partial charge is 0.328 e. The van der Waals surface area contributed by atoms with Crippen LogP contribution in [0.2, 0.25) is 0 Å². The van der Waals surface area contributed by atoms with Gasteiger partial charge in [0, 0.05) is 18.7 Å². The summed E-state index contributed by atoms with van der Waals surface area (Å²) in [6.45, 7) is -0.330. The van der Waals surface area contributed by atoms with E-state index in [4.69, 9.17) is 14.2 Å². The summed E-state index contributed by atoms with van der Waals surface area (Å²) < 4.78 is 15.9. The zero-order valence-corrected chi connectivity index (χ0v) is 20.6. The molecule has 4 aromatic rings. The van der Waals surface area contributed by atoms with Gasteiger partial charge in [0.05, 0.1) is 25.6 Å². The number of aromatic nitrogens is 2. The first-order valence-corrected chi connectivity index (χ1v) is 11.7. The van der Waals surface area contributed by atoms with Crippen LogP contribution >= 0.6 is 0 Å². The largest absolute Gasteiger partial charge is 0.497 e. The average molecular weight is 498 g/mol. The molecule has 0 aliphatic carbocycles. The van der Waals surface area contributed by atoms with Crippen molar-refractivity contribution in [2.24, 2.45) is 0 Å². The van der Waals surface area contributed by atoms with Crippen molar-refractivity contribution in [3.05, 3.63) is 96.7 Å². The Morgan fingerprint density at radius 3 is 2.30 bits per heavy atom. The summed E-state index contributed by atoms with van der Waals surface area (Å²) in [4.78, 5) is 33.9. The van der Waals surface area contributed by atoms with Crippen LogP contribution < -0.4 is 14.8 Å². The molecule has 0 fully saturated rings. The second-order valence-electron chi connectivity index (χ2n) is 8.14. The van der Waals surface area contributed by atoms with E-state index in [1.54, 1.807) is 19.4 Å². The van der Waals surface area contributed by atoms with Crippen molar-refractivity contribution < 1.29 is 23.8 Å². The first-order chi connectivity index (χ1) is 18.1. The van der Waals surface area contributed by atoms with Gasteiger partial charge in [-0.05, 0) is 47.0 Å². The summed E-state index contributed by atoms with van der Waals surface area (Å²) in [6, 6.07) is 25.3. The number of rotatable bonds is 10. The van der Waals surface area contributed by atoms with Gasteiger partial charge in [0.1, 0.15) is 11.8 Å². The Kier molecular flexibility index (Phi) is 8.44. The molecule has 37 heavy (non-hydrogen) atoms. The van der Waals surface area contributed by atoms with Crippen LogP contribution in [-0.4, -0.2) is 48.7 Å². The van der Waals surface area contributed by atoms with Gasteiger partial charge in [0.15, 0.2) is 6.61 Å². The first kappa shape index (κ1) is 25.4. The number of carbonyl (C=O) groups excluding carboxylic acids is 2. The molecular formula is C29H27N3O5. The number of benzene rings is 2. The monoisotopic (exact) mass is 497 g/mol. The lowest BCUT2D eigenvalue weighted by atomic mass is 10.0. The van der Waals surface area contributed by atoms with Crippen molar-refractivity contribution in [2.75, 3.05) is 20.8 Å². The van der Waals surface area contributed by atoms with Gasteiger partial charge in [-0.1, -0.05) is 48.5 Å². The number of methoxy groups -OCH3 is 2. The van der Waals surface area contributed by atoms with Crippen molar-refractivity contribution in [1.29, 1.82) is 0 Å². The molecule has 4 rings (SSSR count). The minimum atomic E-state index is -0.842. The van der Waals surface area contributed by atoms with E-state index in [1.165, 1.54) is 7.11 Å². The third-order valence-corrected chi connectivity index (χ3v) is 5.61. The van der Waals surface area contributed by atoms with Gasteiger partial charge in [-0.3, -0.25) is 9.78 Å². The maximum absolute atomic E-state index is 12.7. The summed E-state index contributed by atoms with van der Waals surface area (Å²) in [7, 11) is 2.90. The van der Waals surface area contributed by atoms with Gasteiger partial charge in [-0.15, -0.1) is 0 Å². The summed E-state index contributed by atoms with van der Waals surface area (Å²) in [5.74, 6) is -0.00926. The summed E-state index contributed by atoms with van der Waals surface area (Å²) in [6.07, 6.45) is 1.99. The molecule has 8 heteroatoms. The second kappa shape index (κ2) is 12.3. The fourth-order valence-electron chi connectivity index (χ4n) is 3.74. The fourth-order valence-corrected chi connectivity index (χ4v) is 3.74. The van der Waals surface area contributed by atoms with E-state index in [9.17, 15) is 9.59 Å². The highest BCUT2D eigenvalue weighted by Gasteiger charge is 2.22. The van der Waals surface area contributed by atoms with E-state index in [1.807, 2.05) is 78.9 Å². The molecule has 1 N–H and O–H groups in total. The number of esters is 1. The number of pyridine rings is 2. The quantitative estimate of drug-likeness (QED) is 0.329. The maximum atomic E-state index is 12.7. The lowest BCUT2D eigenvalue weighted by Gasteiger charge is -2.17. The highest BCUT2D eigenvalue weighted by molar-refractivity contribution is 5.85. The lowest BCUT2D eigenvalue weighted by molar-refractivity contribution is -0.145. The van der Waals surface area contributed by atoms with Crippen LogP contribution in [0.4, 0.5) is 0 Å². The Hall–Kier alpha value is -4.72. The maximum Gasteiger partial charge on any atom is 0.328 e. The molecule has 0 spiro atoms. The molecule has 2 aromatic carbocycles. The highest BCUT2D eigenvalue weighted by atomic mass is 16.5. The number of amides is 1. The van der Waals surface area contributed by atoms with Crippen molar-refractivity contribution in [1.82, 2.24) is 15.3 Å². The van der Waals surface area contributed by atoms with Gasteiger partial charge < -0.3 is 19.5 Å². The predicted molar refractivity (Wildman–Crippen MR) is 139 cm³/mol. The number of nitrogens with zero attached hydrogens (tertiary/aromatic N) is 2. The molecule has 0 radical (unpaired) electrons. The number of carbonyl (C=O) groups is 2. The lowest BCUT2D eigenvalue weighted by Crippen LogP contribution is -2.45. The summed E-state index contributed by atoms with van der Waals surface area (Å²) >= 11 is 0. The SMILES string of the molecule is COC(=O)C(Cc1ccccc1)NC(=O)COc1cc(-c2ccc(OC)cc2)cc(-c2ccccn2)n1. The Labute approximate surface area is 215 Å². The van der Waals surface area contributed by atoms with Crippen LogP contribution in [0.5, 0.6) is 11.6 Å².